The molecule has 0 aliphatic rings. The Labute approximate surface area is 38.5 Å². The SMILES string of the molecule is OOP(O)(O)(O)O. The van der Waals surface area contributed by atoms with E-state index in [1.165, 1.54) is 0 Å². The number of hydrogen-bond acceptors (Lipinski definition) is 6. The molecule has 0 amide bonds. The molecule has 0 heterocycles. The van der Waals surface area contributed by atoms with Crippen molar-refractivity contribution in [3.63, 3.8) is 0 Å². The summed E-state index contributed by atoms with van der Waals surface area (Å²) in [5, 5.41) is 7.22. The van der Waals surface area contributed by atoms with E-state index >= 15 is 0 Å². The fourth-order valence-electron chi connectivity index (χ4n) is 0. The molecule has 6 nitrogen and oxygen atoms in total. The Morgan fingerprint density at radius 1 is 1.00 bits per heavy atom. The van der Waals surface area contributed by atoms with Gasteiger partial charge in [-0.15, -0.1) is 0 Å². The van der Waals surface area contributed by atoms with Crippen LogP contribution in [0.15, 0.2) is 0 Å². The third-order valence-electron chi connectivity index (χ3n) is 0.146. The van der Waals surface area contributed by atoms with Crippen molar-refractivity contribution in [3.8, 4) is 0 Å². The average molecular weight is 132 g/mol. The standard InChI is InChI=1S/H5O6P/c1-6-7(2,3,4)5/h1-5H. The zero-order valence-corrected chi connectivity index (χ0v) is 3.99. The van der Waals surface area contributed by atoms with E-state index in [2.05, 4.69) is 4.67 Å². The molecule has 0 saturated heterocycles. The second-order valence-corrected chi connectivity index (χ2v) is 2.83. The average Bonchev–Trinajstić information content (AvgIpc) is 1.32. The molecular formula is H5O6P. The van der Waals surface area contributed by atoms with Crippen LogP contribution >= 0.6 is 7.74 Å². The molecule has 0 rings (SSSR count). The van der Waals surface area contributed by atoms with Gasteiger partial charge in [-0.05, 0) is 0 Å². The summed E-state index contributed by atoms with van der Waals surface area (Å²) in [7, 11) is -6.02. The van der Waals surface area contributed by atoms with E-state index in [0.29, 0.717) is 0 Å². The van der Waals surface area contributed by atoms with E-state index < -0.39 is 7.74 Å². The van der Waals surface area contributed by atoms with Gasteiger partial charge in [0.2, 0.25) is 0 Å². The van der Waals surface area contributed by atoms with Gasteiger partial charge < -0.3 is 0 Å². The van der Waals surface area contributed by atoms with Crippen LogP contribution in [0.4, 0.5) is 0 Å². The molecule has 0 aromatic rings. The summed E-state index contributed by atoms with van der Waals surface area (Å²) >= 11 is 0. The fourth-order valence-corrected chi connectivity index (χ4v) is 0. The summed E-state index contributed by atoms with van der Waals surface area (Å²) in [6.07, 6.45) is 0. The summed E-state index contributed by atoms with van der Waals surface area (Å²) in [6.45, 7) is 0. The van der Waals surface area contributed by atoms with Crippen LogP contribution < -0.4 is 0 Å². The predicted octanol–water partition coefficient (Wildman–Crippen LogP) is -1.43. The number of hydrogen-bond donors (Lipinski definition) is 5. The van der Waals surface area contributed by atoms with Crippen LogP contribution in [-0.4, -0.2) is 24.8 Å². The molecule has 7 heavy (non-hydrogen) atoms. The van der Waals surface area contributed by atoms with Crippen molar-refractivity contribution in [2.75, 3.05) is 0 Å². The van der Waals surface area contributed by atoms with Gasteiger partial charge in [-0.1, -0.05) is 0 Å². The zero-order valence-electron chi connectivity index (χ0n) is 3.09. The van der Waals surface area contributed by atoms with Crippen LogP contribution in [0.5, 0.6) is 0 Å². The molecular weight excluding hydrogens is 127 g/mol. The van der Waals surface area contributed by atoms with Gasteiger partial charge in [-0.3, -0.25) is 0 Å². The minimum atomic E-state index is -6.02. The van der Waals surface area contributed by atoms with Crippen molar-refractivity contribution in [2.24, 2.45) is 0 Å². The molecule has 0 aliphatic carbocycles. The van der Waals surface area contributed by atoms with Crippen LogP contribution in [0.2, 0.25) is 0 Å². The van der Waals surface area contributed by atoms with Crippen molar-refractivity contribution in [1.82, 2.24) is 0 Å². The van der Waals surface area contributed by atoms with E-state index in [4.69, 9.17) is 24.8 Å². The Balaban J connectivity index is 3.83. The van der Waals surface area contributed by atoms with E-state index in [9.17, 15) is 0 Å². The van der Waals surface area contributed by atoms with Gasteiger partial charge in [-0.2, -0.15) is 0 Å². The van der Waals surface area contributed by atoms with E-state index in [-0.39, 0.29) is 0 Å². The van der Waals surface area contributed by atoms with Crippen molar-refractivity contribution < 1.29 is 29.5 Å². The van der Waals surface area contributed by atoms with Crippen molar-refractivity contribution in [2.45, 2.75) is 0 Å². The van der Waals surface area contributed by atoms with Gasteiger partial charge in [0, 0.05) is 0 Å². The van der Waals surface area contributed by atoms with Crippen molar-refractivity contribution in [3.05, 3.63) is 0 Å². The van der Waals surface area contributed by atoms with Crippen LogP contribution in [-0.2, 0) is 4.67 Å². The summed E-state index contributed by atoms with van der Waals surface area (Å²) in [5.41, 5.74) is 0. The molecule has 0 spiro atoms. The van der Waals surface area contributed by atoms with Gasteiger partial charge in [0.05, 0.1) is 0 Å². The maximum absolute atomic E-state index is 7.62. The Kier molecular flexibility index (Phi) is 1.37. The molecule has 0 bridgehead atoms. The van der Waals surface area contributed by atoms with Crippen LogP contribution in [0, 0.1) is 0 Å². The molecule has 0 aromatic heterocycles. The Bertz CT molecular complexity index is 56.7. The predicted molar refractivity (Wildman–Crippen MR) is 19.5 cm³/mol. The first-order chi connectivity index (χ1) is 2.81. The normalized spacial score (nSPS) is 18.1. The van der Waals surface area contributed by atoms with Crippen molar-refractivity contribution in [1.29, 1.82) is 0 Å². The van der Waals surface area contributed by atoms with Crippen LogP contribution in [0.25, 0.3) is 0 Å². The molecule has 46 valence electrons. The summed E-state index contributed by atoms with van der Waals surface area (Å²) in [6, 6.07) is 0. The molecule has 0 aliphatic heterocycles. The molecule has 0 fully saturated rings. The van der Waals surface area contributed by atoms with E-state index in [0.717, 1.165) is 0 Å². The first kappa shape index (κ1) is 7.19. The topological polar surface area (TPSA) is 110 Å². The third kappa shape index (κ3) is 6.19. The van der Waals surface area contributed by atoms with Gasteiger partial charge in [-0.25, -0.2) is 0 Å². The maximum atomic E-state index is 7.62. The monoisotopic (exact) mass is 132 g/mol. The first-order valence-corrected chi connectivity index (χ1v) is 3.13. The van der Waals surface area contributed by atoms with Gasteiger partial charge in [0.15, 0.2) is 0 Å². The molecule has 0 aromatic carbocycles. The van der Waals surface area contributed by atoms with Crippen LogP contribution in [0.1, 0.15) is 0 Å². The molecule has 0 radical (unpaired) electrons. The molecule has 7 heteroatoms. The Hall–Kier alpha value is 0.190. The molecule has 0 atom stereocenters. The Morgan fingerprint density at radius 2 is 1.14 bits per heavy atom. The summed E-state index contributed by atoms with van der Waals surface area (Å²) < 4.78 is 2.48. The fraction of sp³-hybridized carbons (Fsp3) is 0. The molecule has 0 saturated carbocycles. The van der Waals surface area contributed by atoms with Gasteiger partial charge in [0.1, 0.15) is 0 Å². The number of rotatable bonds is 1. The third-order valence-corrected chi connectivity index (χ3v) is 0.438. The minimum absolute atomic E-state index is 2.48. The second kappa shape index (κ2) is 1.33. The zero-order chi connectivity index (χ0) is 6.15. The summed E-state index contributed by atoms with van der Waals surface area (Å²) in [5.74, 6) is 0. The van der Waals surface area contributed by atoms with E-state index in [1.54, 1.807) is 0 Å². The summed E-state index contributed by atoms with van der Waals surface area (Å²) in [4.78, 5) is 30.5. The molecule has 0 unspecified atom stereocenters. The Morgan fingerprint density at radius 3 is 1.14 bits per heavy atom. The quantitative estimate of drug-likeness (QED) is 0.170. The van der Waals surface area contributed by atoms with Crippen molar-refractivity contribution >= 4 is 7.74 Å². The second-order valence-electron chi connectivity index (χ2n) is 0.945. The van der Waals surface area contributed by atoms with Crippen LogP contribution in [0.3, 0.4) is 0 Å². The van der Waals surface area contributed by atoms with Gasteiger partial charge in [0.25, 0.3) is 0 Å². The molecule has 5 N–H and O–H groups in total. The van der Waals surface area contributed by atoms with Gasteiger partial charge >= 0.3 is 37.2 Å². The first-order valence-electron chi connectivity index (χ1n) is 1.17. The van der Waals surface area contributed by atoms with E-state index in [1.807, 2.05) is 0 Å².